The molecule has 0 aromatic heterocycles. The molecule has 0 radical (unpaired) electrons. The third-order valence-electron chi connectivity index (χ3n) is 2.57. The lowest BCUT2D eigenvalue weighted by molar-refractivity contribution is 0.323. The Morgan fingerprint density at radius 1 is 1.43 bits per heavy atom. The highest BCUT2D eigenvalue weighted by molar-refractivity contribution is 7.87. The van der Waals surface area contributed by atoms with Crippen LogP contribution in [0.5, 0.6) is 0 Å². The van der Waals surface area contributed by atoms with Gasteiger partial charge in [0, 0.05) is 20.1 Å². The van der Waals surface area contributed by atoms with Gasteiger partial charge in [-0.05, 0) is 25.4 Å². The largest absolute Gasteiger partial charge is 0.316 e. The predicted molar refractivity (Wildman–Crippen MR) is 56.2 cm³/mol. The van der Waals surface area contributed by atoms with Gasteiger partial charge in [0.15, 0.2) is 0 Å². The predicted octanol–water partition coefficient (Wildman–Crippen LogP) is -0.620. The van der Waals surface area contributed by atoms with Crippen LogP contribution in [-0.2, 0) is 10.2 Å². The van der Waals surface area contributed by atoms with Gasteiger partial charge in [0.05, 0.1) is 0 Å². The lowest BCUT2D eigenvalue weighted by Crippen LogP contribution is -2.51. The van der Waals surface area contributed by atoms with Crippen molar-refractivity contribution in [1.82, 2.24) is 14.3 Å². The molecule has 1 fully saturated rings. The van der Waals surface area contributed by atoms with Crippen molar-refractivity contribution in [2.24, 2.45) is 5.92 Å². The van der Waals surface area contributed by atoms with Crippen LogP contribution in [0.3, 0.4) is 0 Å². The average molecular weight is 221 g/mol. The van der Waals surface area contributed by atoms with Crippen LogP contribution in [0.25, 0.3) is 0 Å². The summed E-state index contributed by atoms with van der Waals surface area (Å²) in [6.07, 6.45) is 0.855. The van der Waals surface area contributed by atoms with Crippen LogP contribution >= 0.6 is 0 Å². The zero-order valence-electron chi connectivity index (χ0n) is 8.95. The highest BCUT2D eigenvalue weighted by atomic mass is 32.2. The van der Waals surface area contributed by atoms with Crippen molar-refractivity contribution in [2.45, 2.75) is 19.4 Å². The minimum Gasteiger partial charge on any atom is -0.316 e. The summed E-state index contributed by atoms with van der Waals surface area (Å²) in [5.74, 6) is 0.346. The van der Waals surface area contributed by atoms with E-state index in [1.165, 1.54) is 18.4 Å². The summed E-state index contributed by atoms with van der Waals surface area (Å²) < 4.78 is 27.0. The molecule has 0 aliphatic carbocycles. The topological polar surface area (TPSA) is 61.4 Å². The monoisotopic (exact) mass is 221 g/mol. The molecular formula is C8H19N3O2S. The number of hydrogen-bond acceptors (Lipinski definition) is 3. The average Bonchev–Trinajstić information content (AvgIpc) is 2.08. The van der Waals surface area contributed by atoms with Crippen LogP contribution in [0, 0.1) is 5.92 Å². The second-order valence-electron chi connectivity index (χ2n) is 3.98. The number of nitrogens with zero attached hydrogens (tertiary/aromatic N) is 1. The lowest BCUT2D eigenvalue weighted by Gasteiger charge is -2.30. The van der Waals surface area contributed by atoms with Gasteiger partial charge in [0.2, 0.25) is 0 Å². The van der Waals surface area contributed by atoms with E-state index in [2.05, 4.69) is 17.0 Å². The lowest BCUT2D eigenvalue weighted by atomic mass is 9.97. The molecule has 2 unspecified atom stereocenters. The summed E-state index contributed by atoms with van der Waals surface area (Å²) in [5.41, 5.74) is 0. The number of nitrogens with one attached hydrogen (secondary N) is 2. The summed E-state index contributed by atoms with van der Waals surface area (Å²) in [6.45, 7) is 3.81. The fourth-order valence-corrected chi connectivity index (χ4v) is 2.43. The fourth-order valence-electron chi connectivity index (χ4n) is 1.49. The second-order valence-corrected chi connectivity index (χ2v) is 5.90. The Labute approximate surface area is 86.0 Å². The SMILES string of the molecule is CC1CNCCC1NS(=O)(=O)N(C)C. The first-order valence-corrected chi connectivity index (χ1v) is 6.28. The number of rotatable bonds is 3. The smallest absolute Gasteiger partial charge is 0.279 e. The molecule has 1 aliphatic rings. The maximum atomic E-state index is 11.5. The molecule has 1 heterocycles. The highest BCUT2D eigenvalue weighted by Crippen LogP contribution is 2.11. The molecule has 2 atom stereocenters. The summed E-state index contributed by atoms with van der Waals surface area (Å²) in [4.78, 5) is 0. The van der Waals surface area contributed by atoms with Crippen molar-refractivity contribution in [3.63, 3.8) is 0 Å². The molecule has 0 amide bonds. The van der Waals surface area contributed by atoms with E-state index < -0.39 is 10.2 Å². The quantitative estimate of drug-likeness (QED) is 0.668. The first-order chi connectivity index (χ1) is 6.43. The Morgan fingerprint density at radius 2 is 2.07 bits per heavy atom. The molecule has 0 saturated carbocycles. The zero-order chi connectivity index (χ0) is 10.8. The van der Waals surface area contributed by atoms with E-state index in [0.717, 1.165) is 19.5 Å². The molecule has 1 rings (SSSR count). The fraction of sp³-hybridized carbons (Fsp3) is 1.00. The normalized spacial score (nSPS) is 29.4. The van der Waals surface area contributed by atoms with Crippen LogP contribution in [0.2, 0.25) is 0 Å². The molecule has 1 saturated heterocycles. The molecule has 1 aliphatic heterocycles. The standard InChI is InChI=1S/C8H19N3O2S/c1-7-6-9-5-4-8(7)10-14(12,13)11(2)3/h7-10H,4-6H2,1-3H3. The van der Waals surface area contributed by atoms with E-state index in [0.29, 0.717) is 5.92 Å². The number of piperidine rings is 1. The Bertz CT molecular complexity index is 276. The van der Waals surface area contributed by atoms with Crippen molar-refractivity contribution < 1.29 is 8.42 Å². The molecule has 2 N–H and O–H groups in total. The minimum atomic E-state index is -3.28. The maximum absolute atomic E-state index is 11.5. The molecule has 0 aromatic carbocycles. The second kappa shape index (κ2) is 4.57. The van der Waals surface area contributed by atoms with E-state index in [9.17, 15) is 8.42 Å². The van der Waals surface area contributed by atoms with Crippen molar-refractivity contribution in [3.05, 3.63) is 0 Å². The summed E-state index contributed by atoms with van der Waals surface area (Å²) in [6, 6.07) is 0.0589. The zero-order valence-corrected chi connectivity index (χ0v) is 9.76. The summed E-state index contributed by atoms with van der Waals surface area (Å²) in [5, 5.41) is 3.23. The van der Waals surface area contributed by atoms with Crippen molar-refractivity contribution in [3.8, 4) is 0 Å². The van der Waals surface area contributed by atoms with Crippen molar-refractivity contribution in [1.29, 1.82) is 0 Å². The molecule has 5 nitrogen and oxygen atoms in total. The van der Waals surface area contributed by atoms with Crippen LogP contribution in [-0.4, -0.2) is 45.9 Å². The maximum Gasteiger partial charge on any atom is 0.279 e. The third kappa shape index (κ3) is 2.91. The van der Waals surface area contributed by atoms with E-state index >= 15 is 0 Å². The Balaban J connectivity index is 2.58. The molecule has 84 valence electrons. The van der Waals surface area contributed by atoms with E-state index in [-0.39, 0.29) is 6.04 Å². The van der Waals surface area contributed by atoms with E-state index in [4.69, 9.17) is 0 Å². The van der Waals surface area contributed by atoms with Gasteiger partial charge in [-0.15, -0.1) is 0 Å². The molecule has 0 spiro atoms. The van der Waals surface area contributed by atoms with Crippen molar-refractivity contribution in [2.75, 3.05) is 27.2 Å². The molecule has 0 bridgehead atoms. The minimum absolute atomic E-state index is 0.0589. The summed E-state index contributed by atoms with van der Waals surface area (Å²) >= 11 is 0. The molecular weight excluding hydrogens is 202 g/mol. The van der Waals surface area contributed by atoms with E-state index in [1.807, 2.05) is 0 Å². The van der Waals surface area contributed by atoms with Gasteiger partial charge in [-0.1, -0.05) is 6.92 Å². The third-order valence-corrected chi connectivity index (χ3v) is 4.13. The van der Waals surface area contributed by atoms with Gasteiger partial charge in [0.1, 0.15) is 0 Å². The Morgan fingerprint density at radius 3 is 2.57 bits per heavy atom. The Kier molecular flexibility index (Phi) is 3.88. The molecule has 14 heavy (non-hydrogen) atoms. The van der Waals surface area contributed by atoms with Gasteiger partial charge in [-0.2, -0.15) is 17.4 Å². The molecule has 0 aromatic rings. The van der Waals surface area contributed by atoms with Crippen LogP contribution in [0.1, 0.15) is 13.3 Å². The first-order valence-electron chi connectivity index (χ1n) is 4.84. The van der Waals surface area contributed by atoms with Gasteiger partial charge >= 0.3 is 0 Å². The van der Waals surface area contributed by atoms with Gasteiger partial charge < -0.3 is 5.32 Å². The molecule has 6 heteroatoms. The van der Waals surface area contributed by atoms with Gasteiger partial charge in [-0.25, -0.2) is 0 Å². The van der Waals surface area contributed by atoms with Gasteiger partial charge in [-0.3, -0.25) is 0 Å². The van der Waals surface area contributed by atoms with Crippen LogP contribution in [0.15, 0.2) is 0 Å². The van der Waals surface area contributed by atoms with E-state index in [1.54, 1.807) is 0 Å². The van der Waals surface area contributed by atoms with Crippen LogP contribution in [0.4, 0.5) is 0 Å². The summed E-state index contributed by atoms with van der Waals surface area (Å²) in [7, 11) is -0.204. The first kappa shape index (κ1) is 11.9. The van der Waals surface area contributed by atoms with Crippen molar-refractivity contribution >= 4 is 10.2 Å². The Hall–Kier alpha value is -0.170. The number of hydrogen-bond donors (Lipinski definition) is 2. The van der Waals surface area contributed by atoms with Crippen LogP contribution < -0.4 is 10.0 Å². The van der Waals surface area contributed by atoms with Gasteiger partial charge in [0.25, 0.3) is 10.2 Å². The highest BCUT2D eigenvalue weighted by Gasteiger charge is 2.26.